The Morgan fingerprint density at radius 2 is 1.84 bits per heavy atom. The number of imide groups is 1. The van der Waals surface area contributed by atoms with Crippen molar-refractivity contribution in [3.63, 3.8) is 0 Å². The molecule has 0 radical (unpaired) electrons. The summed E-state index contributed by atoms with van der Waals surface area (Å²) in [5.41, 5.74) is 3.11. The minimum absolute atomic E-state index is 0.00320. The van der Waals surface area contributed by atoms with Gasteiger partial charge in [-0.15, -0.1) is 0 Å². The molecule has 3 heterocycles. The lowest BCUT2D eigenvalue weighted by Gasteiger charge is -2.32. The second-order valence-electron chi connectivity index (χ2n) is 10.1. The van der Waals surface area contributed by atoms with Crippen molar-refractivity contribution >= 4 is 28.5 Å². The van der Waals surface area contributed by atoms with E-state index >= 15 is 0 Å². The standard InChI is InChI=1S/C28H33N5O4/c1-31-9-11-32(12-10-31)17-21-4-2-3-19(13-21)15-26(35)29-16-20-5-6-23-22(14-20)18-33(28(23)37)24-7-8-25(34)30-27(24)36/h2-6,13-14,18,24,37H,7-12,15-17H2,1H3,(H,29,35)(H,30,34,36). The van der Waals surface area contributed by atoms with Gasteiger partial charge in [0, 0.05) is 62.7 Å². The van der Waals surface area contributed by atoms with Crippen LogP contribution in [-0.4, -0.2) is 70.4 Å². The normalized spacial score (nSPS) is 19.2. The van der Waals surface area contributed by atoms with Crippen molar-refractivity contribution in [2.24, 2.45) is 0 Å². The molecule has 3 amide bonds. The number of fused-ring (bicyclic) bond motifs is 1. The van der Waals surface area contributed by atoms with Crippen LogP contribution in [0.3, 0.4) is 0 Å². The van der Waals surface area contributed by atoms with E-state index in [9.17, 15) is 19.5 Å². The molecule has 0 aliphatic carbocycles. The molecule has 1 aromatic heterocycles. The van der Waals surface area contributed by atoms with Crippen molar-refractivity contribution in [3.05, 3.63) is 65.4 Å². The number of piperazine rings is 1. The Kier molecular flexibility index (Phi) is 7.25. The first kappa shape index (κ1) is 25.0. The Labute approximate surface area is 216 Å². The first-order chi connectivity index (χ1) is 17.9. The van der Waals surface area contributed by atoms with Crippen molar-refractivity contribution in [1.29, 1.82) is 0 Å². The van der Waals surface area contributed by atoms with Gasteiger partial charge in [0.1, 0.15) is 6.04 Å². The van der Waals surface area contributed by atoms with Crippen molar-refractivity contribution in [2.45, 2.75) is 38.4 Å². The topological polar surface area (TPSA) is 107 Å². The predicted molar refractivity (Wildman–Crippen MR) is 140 cm³/mol. The van der Waals surface area contributed by atoms with E-state index in [1.54, 1.807) is 12.3 Å². The molecule has 0 spiro atoms. The van der Waals surface area contributed by atoms with Crippen LogP contribution < -0.4 is 10.6 Å². The van der Waals surface area contributed by atoms with Crippen LogP contribution in [0.4, 0.5) is 0 Å². The summed E-state index contributed by atoms with van der Waals surface area (Å²) in [5, 5.41) is 17.4. The number of nitrogens with zero attached hydrogens (tertiary/aromatic N) is 3. The summed E-state index contributed by atoms with van der Waals surface area (Å²) in [5.74, 6) is -0.762. The Balaban J connectivity index is 1.18. The number of carbonyl (C=O) groups is 3. The molecule has 0 saturated carbocycles. The number of hydrogen-bond acceptors (Lipinski definition) is 6. The van der Waals surface area contributed by atoms with Crippen LogP contribution in [0, 0.1) is 0 Å². The zero-order valence-electron chi connectivity index (χ0n) is 21.1. The number of amides is 3. The van der Waals surface area contributed by atoms with Crippen molar-refractivity contribution in [2.75, 3.05) is 33.2 Å². The third-order valence-electron chi connectivity index (χ3n) is 7.27. The van der Waals surface area contributed by atoms with Crippen molar-refractivity contribution < 1.29 is 19.5 Å². The highest BCUT2D eigenvalue weighted by Crippen LogP contribution is 2.33. The van der Waals surface area contributed by atoms with Gasteiger partial charge in [0.2, 0.25) is 17.7 Å². The molecular formula is C28H33N5O4. The quantitative estimate of drug-likeness (QED) is 0.426. The largest absolute Gasteiger partial charge is 0.494 e. The van der Waals surface area contributed by atoms with Crippen molar-refractivity contribution in [3.8, 4) is 5.88 Å². The summed E-state index contributed by atoms with van der Waals surface area (Å²) in [6.07, 6.45) is 2.62. The smallest absolute Gasteiger partial charge is 0.249 e. The Hall–Kier alpha value is -3.69. The molecule has 5 rings (SSSR count). The van der Waals surface area contributed by atoms with E-state index in [1.807, 2.05) is 24.3 Å². The third-order valence-corrected chi connectivity index (χ3v) is 7.27. The van der Waals surface area contributed by atoms with Gasteiger partial charge in [-0.2, -0.15) is 0 Å². The lowest BCUT2D eigenvalue weighted by atomic mass is 10.1. The zero-order chi connectivity index (χ0) is 25.9. The summed E-state index contributed by atoms with van der Waals surface area (Å²) in [4.78, 5) is 41.2. The zero-order valence-corrected chi connectivity index (χ0v) is 21.1. The number of rotatable bonds is 7. The van der Waals surface area contributed by atoms with Gasteiger partial charge in [0.15, 0.2) is 5.88 Å². The number of nitrogens with one attached hydrogen (secondary N) is 2. The molecule has 194 valence electrons. The van der Waals surface area contributed by atoms with Gasteiger partial charge in [0.05, 0.1) is 6.42 Å². The van der Waals surface area contributed by atoms with Crippen LogP contribution >= 0.6 is 0 Å². The van der Waals surface area contributed by atoms with Gasteiger partial charge < -0.3 is 19.9 Å². The molecule has 2 fully saturated rings. The van der Waals surface area contributed by atoms with Gasteiger partial charge in [-0.25, -0.2) is 0 Å². The van der Waals surface area contributed by atoms with Crippen LogP contribution in [0.25, 0.3) is 10.8 Å². The number of piperidine rings is 1. The molecule has 2 aliphatic heterocycles. The van der Waals surface area contributed by atoms with Crippen LogP contribution in [0.2, 0.25) is 0 Å². The maximum Gasteiger partial charge on any atom is 0.249 e. The molecular weight excluding hydrogens is 470 g/mol. The van der Waals surface area contributed by atoms with Crippen LogP contribution in [0.5, 0.6) is 5.88 Å². The van der Waals surface area contributed by atoms with Gasteiger partial charge >= 0.3 is 0 Å². The lowest BCUT2D eigenvalue weighted by molar-refractivity contribution is -0.135. The third kappa shape index (κ3) is 5.84. The summed E-state index contributed by atoms with van der Waals surface area (Å²) < 4.78 is 1.52. The summed E-state index contributed by atoms with van der Waals surface area (Å²) in [7, 11) is 2.15. The van der Waals surface area contributed by atoms with E-state index in [2.05, 4.69) is 39.6 Å². The second-order valence-corrected chi connectivity index (χ2v) is 10.1. The molecule has 37 heavy (non-hydrogen) atoms. The Bertz CT molecular complexity index is 1330. The number of aromatic hydroxyl groups is 1. The lowest BCUT2D eigenvalue weighted by Crippen LogP contribution is -2.43. The molecule has 3 aromatic rings. The Morgan fingerprint density at radius 3 is 2.62 bits per heavy atom. The molecule has 9 heteroatoms. The maximum atomic E-state index is 12.7. The summed E-state index contributed by atoms with van der Waals surface area (Å²) >= 11 is 0. The molecule has 2 saturated heterocycles. The number of hydrogen-bond donors (Lipinski definition) is 3. The number of benzene rings is 2. The summed E-state index contributed by atoms with van der Waals surface area (Å²) in [6.45, 7) is 5.53. The van der Waals surface area contributed by atoms with Crippen LogP contribution in [0.1, 0.15) is 35.6 Å². The van der Waals surface area contributed by atoms with E-state index in [0.29, 0.717) is 24.8 Å². The average Bonchev–Trinajstić information content (AvgIpc) is 3.20. The second kappa shape index (κ2) is 10.7. The minimum atomic E-state index is -0.625. The van der Waals surface area contributed by atoms with E-state index in [1.165, 1.54) is 10.1 Å². The summed E-state index contributed by atoms with van der Waals surface area (Å²) in [6, 6.07) is 13.1. The van der Waals surface area contributed by atoms with Gasteiger partial charge in [-0.05, 0) is 42.3 Å². The molecule has 1 unspecified atom stereocenters. The van der Waals surface area contributed by atoms with E-state index in [0.717, 1.165) is 49.2 Å². The number of carbonyl (C=O) groups excluding carboxylic acids is 3. The average molecular weight is 504 g/mol. The monoisotopic (exact) mass is 503 g/mol. The fourth-order valence-corrected chi connectivity index (χ4v) is 5.12. The van der Waals surface area contributed by atoms with Crippen LogP contribution in [-0.2, 0) is 33.9 Å². The predicted octanol–water partition coefficient (Wildman–Crippen LogP) is 1.93. The van der Waals surface area contributed by atoms with Crippen molar-refractivity contribution in [1.82, 2.24) is 25.0 Å². The highest BCUT2D eigenvalue weighted by atomic mass is 16.3. The molecule has 2 aromatic carbocycles. The van der Waals surface area contributed by atoms with E-state index in [-0.39, 0.29) is 24.1 Å². The first-order valence-corrected chi connectivity index (χ1v) is 12.8. The first-order valence-electron chi connectivity index (χ1n) is 12.8. The molecule has 9 nitrogen and oxygen atoms in total. The van der Waals surface area contributed by atoms with Gasteiger partial charge in [-0.1, -0.05) is 30.3 Å². The van der Waals surface area contributed by atoms with E-state index in [4.69, 9.17) is 0 Å². The molecule has 0 bridgehead atoms. The maximum absolute atomic E-state index is 12.7. The Morgan fingerprint density at radius 1 is 1.05 bits per heavy atom. The highest BCUT2D eigenvalue weighted by Gasteiger charge is 2.30. The molecule has 1 atom stereocenters. The number of aromatic nitrogens is 1. The van der Waals surface area contributed by atoms with Crippen LogP contribution in [0.15, 0.2) is 48.7 Å². The fourth-order valence-electron chi connectivity index (χ4n) is 5.12. The molecule has 3 N–H and O–H groups in total. The SMILES string of the molecule is CN1CCN(Cc2cccc(CC(=O)NCc3ccc4c(O)n(C5CCC(=O)NC5=O)cc4c3)c2)CC1. The van der Waals surface area contributed by atoms with Gasteiger partial charge in [-0.3, -0.25) is 24.6 Å². The van der Waals surface area contributed by atoms with Gasteiger partial charge in [0.25, 0.3) is 0 Å². The molecule has 2 aliphatic rings. The number of likely N-dealkylation sites (N-methyl/N-ethyl adjacent to an activating group) is 1. The minimum Gasteiger partial charge on any atom is -0.494 e. The highest BCUT2D eigenvalue weighted by molar-refractivity contribution is 6.00. The fraction of sp³-hybridized carbons (Fsp3) is 0.393. The van der Waals surface area contributed by atoms with E-state index < -0.39 is 11.9 Å².